The van der Waals surface area contributed by atoms with Crippen LogP contribution in [0, 0.1) is 5.82 Å². The zero-order chi connectivity index (χ0) is 23.7. The lowest BCUT2D eigenvalue weighted by Gasteiger charge is -2.18. The quantitative estimate of drug-likeness (QED) is 0.514. The van der Waals surface area contributed by atoms with Gasteiger partial charge in [-0.25, -0.2) is 12.8 Å². The number of hydrogen-bond donors (Lipinski definition) is 2. The molecule has 0 aliphatic carbocycles. The molecule has 0 aromatic heterocycles. The predicted octanol–water partition coefficient (Wildman–Crippen LogP) is 3.23. The van der Waals surface area contributed by atoms with E-state index in [1.165, 1.54) is 52.5 Å². The van der Waals surface area contributed by atoms with Crippen molar-refractivity contribution < 1.29 is 22.4 Å². The molecule has 2 N–H and O–H groups in total. The van der Waals surface area contributed by atoms with Crippen LogP contribution in [0.3, 0.4) is 0 Å². The first-order chi connectivity index (χ1) is 15.2. The molecule has 0 heterocycles. The highest BCUT2D eigenvalue weighted by Crippen LogP contribution is 2.17. The van der Waals surface area contributed by atoms with Gasteiger partial charge < -0.3 is 10.6 Å². The predicted molar refractivity (Wildman–Crippen MR) is 125 cm³/mol. The number of anilines is 1. The van der Waals surface area contributed by atoms with Gasteiger partial charge in [0.25, 0.3) is 0 Å². The van der Waals surface area contributed by atoms with Crippen molar-refractivity contribution in [1.82, 2.24) is 9.62 Å². The van der Waals surface area contributed by atoms with Crippen molar-refractivity contribution in [1.29, 1.82) is 0 Å². The largest absolute Gasteiger partial charge is 0.351 e. The molecule has 0 saturated heterocycles. The van der Waals surface area contributed by atoms with Gasteiger partial charge in [0.05, 0.1) is 15.9 Å². The Bertz CT molecular complexity index is 1010. The fourth-order valence-electron chi connectivity index (χ4n) is 2.83. The van der Waals surface area contributed by atoms with E-state index in [0.29, 0.717) is 18.8 Å². The molecule has 0 radical (unpaired) electrons. The summed E-state index contributed by atoms with van der Waals surface area (Å²) in [6, 6.07) is 11.9. The van der Waals surface area contributed by atoms with E-state index in [2.05, 4.69) is 10.6 Å². The van der Waals surface area contributed by atoms with Gasteiger partial charge in [-0.15, -0.1) is 11.8 Å². The van der Waals surface area contributed by atoms with Crippen molar-refractivity contribution in [3.63, 3.8) is 0 Å². The Labute approximate surface area is 192 Å². The summed E-state index contributed by atoms with van der Waals surface area (Å²) in [5, 5.41) is 4.97. The topological polar surface area (TPSA) is 95.6 Å². The summed E-state index contributed by atoms with van der Waals surface area (Å²) in [5.74, 6) is -0.831. The standard InChI is InChI=1S/C22H28FN3O4S2/c1-4-26(5-2)32(29,30)20-12-6-17(7-13-20)14-24-22(28)16(3)31-15-21(27)25-19-10-8-18(23)9-11-19/h6-13,16H,4-5,14-15H2,1-3H3,(H,24,28)(H,25,27). The SMILES string of the molecule is CCN(CC)S(=O)(=O)c1ccc(CNC(=O)C(C)SCC(=O)Nc2ccc(F)cc2)cc1. The maximum absolute atomic E-state index is 12.9. The molecule has 1 atom stereocenters. The summed E-state index contributed by atoms with van der Waals surface area (Å²) in [4.78, 5) is 24.5. The first-order valence-electron chi connectivity index (χ1n) is 10.2. The molecular weight excluding hydrogens is 453 g/mol. The minimum absolute atomic E-state index is 0.0733. The molecule has 0 spiro atoms. The number of halogens is 1. The van der Waals surface area contributed by atoms with E-state index < -0.39 is 15.3 Å². The third-order valence-corrected chi connectivity index (χ3v) is 7.90. The Balaban J connectivity index is 1.81. The van der Waals surface area contributed by atoms with Crippen molar-refractivity contribution in [2.24, 2.45) is 0 Å². The molecule has 2 rings (SSSR count). The van der Waals surface area contributed by atoms with Crippen LogP contribution in [-0.2, 0) is 26.2 Å². The van der Waals surface area contributed by atoms with Gasteiger partial charge in [-0.2, -0.15) is 4.31 Å². The highest BCUT2D eigenvalue weighted by atomic mass is 32.2. The molecule has 32 heavy (non-hydrogen) atoms. The van der Waals surface area contributed by atoms with Crippen LogP contribution in [0.5, 0.6) is 0 Å². The maximum Gasteiger partial charge on any atom is 0.243 e. The zero-order valence-electron chi connectivity index (χ0n) is 18.3. The van der Waals surface area contributed by atoms with Crippen molar-refractivity contribution in [3.8, 4) is 0 Å². The molecule has 2 aromatic rings. The highest BCUT2D eigenvalue weighted by molar-refractivity contribution is 8.01. The van der Waals surface area contributed by atoms with E-state index >= 15 is 0 Å². The Morgan fingerprint density at radius 1 is 1.03 bits per heavy atom. The molecular formula is C22H28FN3O4S2. The Morgan fingerprint density at radius 3 is 2.19 bits per heavy atom. The van der Waals surface area contributed by atoms with Crippen LogP contribution < -0.4 is 10.6 Å². The first kappa shape index (κ1) is 25.8. The number of thioether (sulfide) groups is 1. The van der Waals surface area contributed by atoms with Crippen molar-refractivity contribution in [3.05, 3.63) is 59.9 Å². The van der Waals surface area contributed by atoms with Gasteiger partial charge in [-0.1, -0.05) is 26.0 Å². The lowest BCUT2D eigenvalue weighted by molar-refractivity contribution is -0.120. The highest BCUT2D eigenvalue weighted by Gasteiger charge is 2.21. The number of nitrogens with one attached hydrogen (secondary N) is 2. The number of amides is 2. The van der Waals surface area contributed by atoms with E-state index in [1.54, 1.807) is 32.9 Å². The van der Waals surface area contributed by atoms with E-state index in [9.17, 15) is 22.4 Å². The Kier molecular flexibility index (Phi) is 9.67. The molecule has 0 aliphatic heterocycles. The van der Waals surface area contributed by atoms with Gasteiger partial charge >= 0.3 is 0 Å². The molecule has 7 nitrogen and oxygen atoms in total. The van der Waals surface area contributed by atoms with Gasteiger partial charge in [0.1, 0.15) is 5.82 Å². The Hall–Kier alpha value is -2.43. The van der Waals surface area contributed by atoms with Crippen molar-refractivity contribution >= 4 is 39.3 Å². The first-order valence-corrected chi connectivity index (χ1v) is 12.7. The van der Waals surface area contributed by atoms with Crippen molar-refractivity contribution in [2.45, 2.75) is 37.5 Å². The molecule has 174 valence electrons. The van der Waals surface area contributed by atoms with Crippen LogP contribution in [0.2, 0.25) is 0 Å². The normalized spacial score (nSPS) is 12.4. The fourth-order valence-corrected chi connectivity index (χ4v) is 5.00. The number of nitrogens with zero attached hydrogens (tertiary/aromatic N) is 1. The fraction of sp³-hybridized carbons (Fsp3) is 0.364. The van der Waals surface area contributed by atoms with Crippen LogP contribution in [-0.4, -0.2) is 48.6 Å². The number of hydrogen-bond acceptors (Lipinski definition) is 5. The molecule has 2 aromatic carbocycles. The van der Waals surface area contributed by atoms with Gasteiger partial charge in [0.2, 0.25) is 21.8 Å². The van der Waals surface area contributed by atoms with Crippen LogP contribution in [0.15, 0.2) is 53.4 Å². The maximum atomic E-state index is 12.9. The molecule has 10 heteroatoms. The van der Waals surface area contributed by atoms with Crippen LogP contribution in [0.4, 0.5) is 10.1 Å². The summed E-state index contributed by atoms with van der Waals surface area (Å²) in [5.41, 5.74) is 1.25. The van der Waals surface area contributed by atoms with Crippen LogP contribution in [0.25, 0.3) is 0 Å². The van der Waals surface area contributed by atoms with Gasteiger partial charge in [-0.3, -0.25) is 9.59 Å². The third-order valence-electron chi connectivity index (χ3n) is 4.69. The van der Waals surface area contributed by atoms with Crippen LogP contribution >= 0.6 is 11.8 Å². The molecule has 0 aliphatic rings. The lowest BCUT2D eigenvalue weighted by atomic mass is 10.2. The second-order valence-electron chi connectivity index (χ2n) is 6.96. The number of carbonyl (C=O) groups excluding carboxylic acids is 2. The second kappa shape index (κ2) is 12.0. The van der Waals surface area contributed by atoms with E-state index in [4.69, 9.17) is 0 Å². The lowest BCUT2D eigenvalue weighted by Crippen LogP contribution is -2.31. The van der Waals surface area contributed by atoms with Gasteiger partial charge in [0.15, 0.2) is 0 Å². The van der Waals surface area contributed by atoms with Crippen molar-refractivity contribution in [2.75, 3.05) is 24.2 Å². The number of carbonyl (C=O) groups is 2. The third kappa shape index (κ3) is 7.32. The zero-order valence-corrected chi connectivity index (χ0v) is 19.9. The monoisotopic (exact) mass is 481 g/mol. The Morgan fingerprint density at radius 2 is 1.62 bits per heavy atom. The minimum Gasteiger partial charge on any atom is -0.351 e. The summed E-state index contributed by atoms with van der Waals surface area (Å²) in [6.07, 6.45) is 0. The molecule has 0 fully saturated rings. The van der Waals surface area contributed by atoms with Crippen LogP contribution in [0.1, 0.15) is 26.3 Å². The summed E-state index contributed by atoms with van der Waals surface area (Å²) >= 11 is 1.18. The summed E-state index contributed by atoms with van der Waals surface area (Å²) in [7, 11) is -3.52. The minimum atomic E-state index is -3.52. The van der Waals surface area contributed by atoms with E-state index in [0.717, 1.165) is 5.56 Å². The second-order valence-corrected chi connectivity index (χ2v) is 10.2. The number of benzene rings is 2. The average Bonchev–Trinajstić information content (AvgIpc) is 2.78. The summed E-state index contributed by atoms with van der Waals surface area (Å²) < 4.78 is 39.3. The van der Waals surface area contributed by atoms with Gasteiger partial charge in [-0.05, 0) is 48.9 Å². The van der Waals surface area contributed by atoms with E-state index in [1.807, 2.05) is 0 Å². The summed E-state index contributed by atoms with van der Waals surface area (Å²) in [6.45, 7) is 6.32. The number of rotatable bonds is 11. The number of sulfonamides is 1. The molecule has 2 amide bonds. The van der Waals surface area contributed by atoms with E-state index in [-0.39, 0.29) is 34.8 Å². The van der Waals surface area contributed by atoms with Gasteiger partial charge in [0, 0.05) is 25.3 Å². The average molecular weight is 482 g/mol. The molecule has 0 bridgehead atoms. The smallest absolute Gasteiger partial charge is 0.243 e. The molecule has 0 saturated carbocycles. The molecule has 1 unspecified atom stereocenters.